The van der Waals surface area contributed by atoms with Crippen LogP contribution in [0, 0.1) is 11.6 Å². The predicted molar refractivity (Wildman–Crippen MR) is 109 cm³/mol. The van der Waals surface area contributed by atoms with Crippen molar-refractivity contribution in [3.63, 3.8) is 0 Å². The van der Waals surface area contributed by atoms with E-state index in [0.717, 1.165) is 11.0 Å². The topological polar surface area (TPSA) is 93.2 Å². The molecule has 10 heteroatoms. The highest BCUT2D eigenvalue weighted by Gasteiger charge is 2.45. The molecule has 1 unspecified atom stereocenters. The van der Waals surface area contributed by atoms with Gasteiger partial charge in [0.25, 0.3) is 11.8 Å². The number of fused-ring (bicyclic) bond motifs is 2. The van der Waals surface area contributed by atoms with E-state index in [-0.39, 0.29) is 35.2 Å². The molecule has 4 rings (SSSR count). The number of ether oxygens (including phenoxy) is 1. The Balaban J connectivity index is 1.69. The summed E-state index contributed by atoms with van der Waals surface area (Å²) in [6.45, 7) is 4.71. The summed E-state index contributed by atoms with van der Waals surface area (Å²) in [7, 11) is 0. The number of hydrogen-bond acceptors (Lipinski definition) is 6. The van der Waals surface area contributed by atoms with Crippen LogP contribution in [0.1, 0.15) is 58.7 Å². The van der Waals surface area contributed by atoms with Crippen molar-refractivity contribution in [3.05, 3.63) is 70.3 Å². The summed E-state index contributed by atoms with van der Waals surface area (Å²) in [6.07, 6.45) is -0.961. The first-order chi connectivity index (χ1) is 15.5. The molecule has 2 aromatic rings. The molecule has 0 saturated carbocycles. The Bertz CT molecular complexity index is 1150. The molecule has 33 heavy (non-hydrogen) atoms. The van der Waals surface area contributed by atoms with Gasteiger partial charge in [-0.05, 0) is 56.5 Å². The fraction of sp³-hybridized carbons (Fsp3) is 0.304. The number of rotatable bonds is 2. The number of halogens is 2. The zero-order chi connectivity index (χ0) is 24.1. The predicted octanol–water partition coefficient (Wildman–Crippen LogP) is 3.55. The van der Waals surface area contributed by atoms with Crippen LogP contribution in [0.5, 0.6) is 0 Å². The minimum atomic E-state index is -1.57. The van der Waals surface area contributed by atoms with Crippen molar-refractivity contribution in [2.45, 2.75) is 38.8 Å². The van der Waals surface area contributed by atoms with Crippen molar-refractivity contribution in [2.75, 3.05) is 6.54 Å². The van der Waals surface area contributed by atoms with Gasteiger partial charge in [-0.25, -0.2) is 18.4 Å². The quantitative estimate of drug-likeness (QED) is 0.639. The molecular weight excluding hydrogens is 438 g/mol. The number of carbonyl (C=O) groups is 4. The third kappa shape index (κ3) is 3.92. The lowest BCUT2D eigenvalue weighted by Gasteiger charge is -2.36. The zero-order valence-corrected chi connectivity index (χ0v) is 18.1. The first-order valence-corrected chi connectivity index (χ1v) is 10.2. The molecule has 2 heterocycles. The molecule has 0 N–H and O–H groups in total. The standard InChI is InChI=1S/C23H20F2N2O6/c1-23(2,3)32-22(31)26-11-10-12-13(8-9-16(24)17(12)25)18(26)21(30)33-27-19(28)14-6-4-5-7-15(14)20(27)29/h4-9,18H,10-11H2,1-3H3. The number of hydrogen-bond donors (Lipinski definition) is 0. The summed E-state index contributed by atoms with van der Waals surface area (Å²) >= 11 is 0. The van der Waals surface area contributed by atoms with Crippen LogP contribution >= 0.6 is 0 Å². The van der Waals surface area contributed by atoms with Gasteiger partial charge in [-0.1, -0.05) is 23.3 Å². The molecule has 0 spiro atoms. The molecule has 2 aliphatic heterocycles. The molecule has 3 amide bonds. The first-order valence-electron chi connectivity index (χ1n) is 10.2. The van der Waals surface area contributed by atoms with Crippen molar-refractivity contribution in [1.29, 1.82) is 0 Å². The van der Waals surface area contributed by atoms with Crippen LogP contribution in [0.2, 0.25) is 0 Å². The summed E-state index contributed by atoms with van der Waals surface area (Å²) in [4.78, 5) is 57.3. The van der Waals surface area contributed by atoms with Crippen LogP contribution in [0.4, 0.5) is 13.6 Å². The van der Waals surface area contributed by atoms with Gasteiger partial charge in [-0.2, -0.15) is 0 Å². The smallest absolute Gasteiger partial charge is 0.411 e. The zero-order valence-electron chi connectivity index (χ0n) is 18.1. The van der Waals surface area contributed by atoms with Gasteiger partial charge in [0.15, 0.2) is 17.7 Å². The van der Waals surface area contributed by atoms with Crippen LogP contribution in [0.15, 0.2) is 36.4 Å². The molecule has 0 aliphatic carbocycles. The van der Waals surface area contributed by atoms with Gasteiger partial charge in [0.05, 0.1) is 11.1 Å². The molecule has 1 atom stereocenters. The third-order valence-electron chi connectivity index (χ3n) is 5.23. The van der Waals surface area contributed by atoms with Crippen molar-refractivity contribution in [3.8, 4) is 0 Å². The molecule has 0 aromatic heterocycles. The third-order valence-corrected chi connectivity index (χ3v) is 5.23. The van der Waals surface area contributed by atoms with E-state index in [1.165, 1.54) is 18.2 Å². The summed E-state index contributed by atoms with van der Waals surface area (Å²) in [5.41, 5.74) is -0.915. The fourth-order valence-corrected chi connectivity index (χ4v) is 3.81. The number of nitrogens with zero attached hydrogens (tertiary/aromatic N) is 2. The summed E-state index contributed by atoms with van der Waals surface area (Å²) < 4.78 is 33.6. The van der Waals surface area contributed by atoms with E-state index in [9.17, 15) is 28.0 Å². The molecule has 2 aromatic carbocycles. The van der Waals surface area contributed by atoms with Gasteiger partial charge >= 0.3 is 12.1 Å². The maximum atomic E-state index is 14.4. The number of hydroxylamine groups is 2. The minimum Gasteiger partial charge on any atom is -0.444 e. The highest BCUT2D eigenvalue weighted by Crippen LogP contribution is 2.35. The Kier molecular flexibility index (Phi) is 5.39. The van der Waals surface area contributed by atoms with Crippen LogP contribution in [-0.2, 0) is 20.8 Å². The van der Waals surface area contributed by atoms with Gasteiger partial charge in [-0.3, -0.25) is 14.5 Å². The lowest BCUT2D eigenvalue weighted by Crippen LogP contribution is -2.48. The highest BCUT2D eigenvalue weighted by molar-refractivity contribution is 6.21. The summed E-state index contributed by atoms with van der Waals surface area (Å²) in [6, 6.07) is 6.34. The maximum Gasteiger partial charge on any atom is 0.411 e. The summed E-state index contributed by atoms with van der Waals surface area (Å²) in [5.74, 6) is -5.15. The number of amides is 3. The average Bonchev–Trinajstić information content (AvgIpc) is 2.99. The lowest BCUT2D eigenvalue weighted by molar-refractivity contribution is -0.175. The van der Waals surface area contributed by atoms with Gasteiger partial charge in [-0.15, -0.1) is 0 Å². The van der Waals surface area contributed by atoms with Crippen LogP contribution in [0.25, 0.3) is 0 Å². The molecule has 0 fully saturated rings. The van der Waals surface area contributed by atoms with E-state index in [4.69, 9.17) is 9.57 Å². The second-order valence-electron chi connectivity index (χ2n) is 8.62. The Morgan fingerprint density at radius 3 is 2.18 bits per heavy atom. The number of imide groups is 1. The molecule has 0 bridgehead atoms. The Morgan fingerprint density at radius 1 is 1.00 bits per heavy atom. The van der Waals surface area contributed by atoms with Crippen LogP contribution < -0.4 is 0 Å². The monoisotopic (exact) mass is 458 g/mol. The minimum absolute atomic E-state index is 0.0207. The van der Waals surface area contributed by atoms with E-state index < -0.39 is 47.2 Å². The molecule has 0 radical (unpaired) electrons. The average molecular weight is 458 g/mol. The Hall–Kier alpha value is -3.82. The van der Waals surface area contributed by atoms with Crippen molar-refractivity contribution >= 4 is 23.9 Å². The number of carbonyl (C=O) groups excluding carboxylic acids is 4. The molecule has 8 nitrogen and oxygen atoms in total. The largest absolute Gasteiger partial charge is 0.444 e. The summed E-state index contributed by atoms with van der Waals surface area (Å²) in [5, 5.41) is 0.300. The van der Waals surface area contributed by atoms with E-state index in [1.54, 1.807) is 32.9 Å². The molecule has 2 aliphatic rings. The number of benzene rings is 2. The SMILES string of the molecule is CC(C)(C)OC(=O)N1CCc2c(ccc(F)c2F)C1C(=O)ON1C(=O)c2ccccc2C1=O. The van der Waals surface area contributed by atoms with Crippen molar-refractivity contribution in [1.82, 2.24) is 9.96 Å². The van der Waals surface area contributed by atoms with Crippen LogP contribution in [-0.4, -0.2) is 46.0 Å². The van der Waals surface area contributed by atoms with Crippen LogP contribution in [0.3, 0.4) is 0 Å². The first kappa shape index (κ1) is 22.4. The molecular formula is C23H20F2N2O6. The van der Waals surface area contributed by atoms with E-state index in [2.05, 4.69) is 0 Å². The van der Waals surface area contributed by atoms with Gasteiger partial charge in [0, 0.05) is 6.54 Å². The Morgan fingerprint density at radius 2 is 1.61 bits per heavy atom. The molecule has 172 valence electrons. The second-order valence-corrected chi connectivity index (χ2v) is 8.62. The van der Waals surface area contributed by atoms with Gasteiger partial charge in [0.2, 0.25) is 0 Å². The molecule has 0 saturated heterocycles. The van der Waals surface area contributed by atoms with Crippen molar-refractivity contribution in [2.24, 2.45) is 0 Å². The Labute approximate surface area is 187 Å². The lowest BCUT2D eigenvalue weighted by atomic mass is 9.92. The van der Waals surface area contributed by atoms with Crippen molar-refractivity contribution < 1.29 is 37.5 Å². The maximum absolute atomic E-state index is 14.4. The van der Waals surface area contributed by atoms with E-state index in [0.29, 0.717) is 5.06 Å². The van der Waals surface area contributed by atoms with Gasteiger partial charge in [0.1, 0.15) is 5.60 Å². The second kappa shape index (κ2) is 7.95. The fourth-order valence-electron chi connectivity index (χ4n) is 3.81. The highest BCUT2D eigenvalue weighted by atomic mass is 19.2. The van der Waals surface area contributed by atoms with E-state index in [1.807, 2.05) is 0 Å². The van der Waals surface area contributed by atoms with E-state index >= 15 is 0 Å². The van der Waals surface area contributed by atoms with Gasteiger partial charge < -0.3 is 9.57 Å². The normalized spacial score (nSPS) is 17.5.